The van der Waals surface area contributed by atoms with Crippen molar-refractivity contribution in [1.82, 2.24) is 5.32 Å². The molecular weight excluding hydrogens is 250 g/mol. The molecule has 2 aliphatic rings. The zero-order chi connectivity index (χ0) is 10.3. The van der Waals surface area contributed by atoms with E-state index in [4.69, 9.17) is 0 Å². The van der Waals surface area contributed by atoms with Crippen LogP contribution in [-0.2, 0) is 5.41 Å². The normalized spacial score (nSPS) is 34.3. The van der Waals surface area contributed by atoms with Gasteiger partial charge in [0.2, 0.25) is 0 Å². The number of rotatable bonds is 1. The van der Waals surface area contributed by atoms with Gasteiger partial charge in [-0.25, -0.2) is 0 Å². The summed E-state index contributed by atoms with van der Waals surface area (Å²) in [6.07, 6.45) is 4.13. The standard InChI is InChI=1S/C13H16BrN/c14-12-4-2-1-3-11(12)13-6-5-10(7-13)8-15-9-13/h1-4,10,15H,5-9H2. The number of nitrogens with one attached hydrogen (secondary N) is 1. The van der Waals surface area contributed by atoms with Crippen molar-refractivity contribution in [2.75, 3.05) is 13.1 Å². The van der Waals surface area contributed by atoms with Crippen LogP contribution in [0.1, 0.15) is 24.8 Å². The highest BCUT2D eigenvalue weighted by atomic mass is 79.9. The van der Waals surface area contributed by atoms with E-state index < -0.39 is 0 Å². The summed E-state index contributed by atoms with van der Waals surface area (Å²) in [6.45, 7) is 2.39. The van der Waals surface area contributed by atoms with E-state index >= 15 is 0 Å². The summed E-state index contributed by atoms with van der Waals surface area (Å²) in [6, 6.07) is 8.73. The Bertz CT molecular complexity index is 373. The second-order valence-electron chi connectivity index (χ2n) is 5.00. The highest BCUT2D eigenvalue weighted by Crippen LogP contribution is 2.47. The summed E-state index contributed by atoms with van der Waals surface area (Å²) in [4.78, 5) is 0. The molecule has 1 nitrogen and oxygen atoms in total. The molecule has 1 saturated heterocycles. The van der Waals surface area contributed by atoms with Crippen LogP contribution in [0.15, 0.2) is 28.7 Å². The lowest BCUT2D eigenvalue weighted by Crippen LogP contribution is -2.42. The summed E-state index contributed by atoms with van der Waals surface area (Å²) in [7, 11) is 0. The van der Waals surface area contributed by atoms with Crippen LogP contribution >= 0.6 is 15.9 Å². The summed E-state index contributed by atoms with van der Waals surface area (Å²) in [5.41, 5.74) is 1.93. The van der Waals surface area contributed by atoms with Gasteiger partial charge in [-0.2, -0.15) is 0 Å². The molecule has 0 amide bonds. The van der Waals surface area contributed by atoms with Gasteiger partial charge in [-0.1, -0.05) is 34.1 Å². The van der Waals surface area contributed by atoms with Crippen LogP contribution in [0.25, 0.3) is 0 Å². The first-order valence-corrected chi connectivity index (χ1v) is 6.55. The van der Waals surface area contributed by atoms with E-state index in [-0.39, 0.29) is 0 Å². The minimum Gasteiger partial charge on any atom is -0.316 e. The predicted molar refractivity (Wildman–Crippen MR) is 66.0 cm³/mol. The van der Waals surface area contributed by atoms with Gasteiger partial charge in [-0.3, -0.25) is 0 Å². The molecule has 1 aromatic carbocycles. The summed E-state index contributed by atoms with van der Waals surface area (Å²) >= 11 is 3.70. The Morgan fingerprint density at radius 3 is 3.07 bits per heavy atom. The minimum absolute atomic E-state index is 0.420. The Morgan fingerprint density at radius 2 is 2.20 bits per heavy atom. The third-order valence-corrected chi connectivity index (χ3v) is 4.74. The van der Waals surface area contributed by atoms with E-state index in [1.165, 1.54) is 35.8 Å². The number of benzene rings is 1. The fourth-order valence-electron chi connectivity index (χ4n) is 3.32. The van der Waals surface area contributed by atoms with Crippen LogP contribution in [0.3, 0.4) is 0 Å². The first-order valence-electron chi connectivity index (χ1n) is 5.76. The molecule has 2 atom stereocenters. The molecule has 1 aliphatic carbocycles. The van der Waals surface area contributed by atoms with Gasteiger partial charge in [0.1, 0.15) is 0 Å². The van der Waals surface area contributed by atoms with Crippen LogP contribution in [0.5, 0.6) is 0 Å². The Labute approximate surface area is 99.4 Å². The van der Waals surface area contributed by atoms with Gasteiger partial charge < -0.3 is 5.32 Å². The molecule has 2 unspecified atom stereocenters. The number of halogens is 1. The maximum Gasteiger partial charge on any atom is 0.0213 e. The zero-order valence-corrected chi connectivity index (χ0v) is 10.4. The van der Waals surface area contributed by atoms with Gasteiger partial charge >= 0.3 is 0 Å². The monoisotopic (exact) mass is 265 g/mol. The van der Waals surface area contributed by atoms with Crippen molar-refractivity contribution < 1.29 is 0 Å². The number of fused-ring (bicyclic) bond motifs is 2. The molecule has 15 heavy (non-hydrogen) atoms. The van der Waals surface area contributed by atoms with Crippen molar-refractivity contribution in [2.24, 2.45) is 5.92 Å². The van der Waals surface area contributed by atoms with Crippen LogP contribution < -0.4 is 5.32 Å². The SMILES string of the molecule is Brc1ccccc1C12CCC(CNC1)C2. The highest BCUT2D eigenvalue weighted by Gasteiger charge is 2.43. The molecule has 1 aliphatic heterocycles. The lowest BCUT2D eigenvalue weighted by Gasteiger charge is -2.35. The minimum atomic E-state index is 0.420. The molecule has 0 aromatic heterocycles. The lowest BCUT2D eigenvalue weighted by molar-refractivity contribution is 0.326. The van der Waals surface area contributed by atoms with Crippen molar-refractivity contribution in [3.63, 3.8) is 0 Å². The van der Waals surface area contributed by atoms with Gasteiger partial charge in [0, 0.05) is 16.4 Å². The van der Waals surface area contributed by atoms with Crippen molar-refractivity contribution in [1.29, 1.82) is 0 Å². The number of hydrogen-bond acceptors (Lipinski definition) is 1. The van der Waals surface area contributed by atoms with E-state index in [1.807, 2.05) is 0 Å². The maximum atomic E-state index is 3.70. The Hall–Kier alpha value is -0.340. The average Bonchev–Trinajstić information content (AvgIpc) is 2.56. The van der Waals surface area contributed by atoms with Gasteiger partial charge in [-0.05, 0) is 43.4 Å². The van der Waals surface area contributed by atoms with Crippen LogP contribution in [0, 0.1) is 5.92 Å². The Kier molecular flexibility index (Phi) is 2.37. The van der Waals surface area contributed by atoms with Crippen LogP contribution in [0.4, 0.5) is 0 Å². The van der Waals surface area contributed by atoms with Crippen molar-refractivity contribution >= 4 is 15.9 Å². The first-order chi connectivity index (χ1) is 7.30. The molecule has 3 rings (SSSR count). The van der Waals surface area contributed by atoms with Gasteiger partial charge in [-0.15, -0.1) is 0 Å². The summed E-state index contributed by atoms with van der Waals surface area (Å²) < 4.78 is 1.29. The Balaban J connectivity index is 2.02. The second kappa shape index (κ2) is 3.60. The highest BCUT2D eigenvalue weighted by molar-refractivity contribution is 9.10. The van der Waals surface area contributed by atoms with Gasteiger partial charge in [0.15, 0.2) is 0 Å². The third kappa shape index (κ3) is 1.55. The van der Waals surface area contributed by atoms with E-state index in [1.54, 1.807) is 0 Å². The molecule has 1 aromatic rings. The smallest absolute Gasteiger partial charge is 0.0213 e. The topological polar surface area (TPSA) is 12.0 Å². The zero-order valence-electron chi connectivity index (χ0n) is 8.80. The van der Waals surface area contributed by atoms with Crippen molar-refractivity contribution in [2.45, 2.75) is 24.7 Å². The lowest BCUT2D eigenvalue weighted by atomic mass is 9.76. The largest absolute Gasteiger partial charge is 0.316 e. The van der Waals surface area contributed by atoms with Crippen molar-refractivity contribution in [3.05, 3.63) is 34.3 Å². The molecule has 1 saturated carbocycles. The Morgan fingerprint density at radius 1 is 1.33 bits per heavy atom. The van der Waals surface area contributed by atoms with Crippen LogP contribution in [-0.4, -0.2) is 13.1 Å². The van der Waals surface area contributed by atoms with E-state index in [0.29, 0.717) is 5.41 Å². The predicted octanol–water partition coefficient (Wildman–Crippen LogP) is 3.09. The summed E-state index contributed by atoms with van der Waals surface area (Å²) in [5.74, 6) is 0.908. The molecule has 0 spiro atoms. The van der Waals surface area contributed by atoms with E-state index in [0.717, 1.165) is 12.5 Å². The molecule has 1 N–H and O–H groups in total. The van der Waals surface area contributed by atoms with Crippen molar-refractivity contribution in [3.8, 4) is 0 Å². The summed E-state index contributed by atoms with van der Waals surface area (Å²) in [5, 5.41) is 3.59. The quantitative estimate of drug-likeness (QED) is 0.823. The van der Waals surface area contributed by atoms with Gasteiger partial charge in [0.25, 0.3) is 0 Å². The molecule has 1 heterocycles. The number of hydrogen-bond donors (Lipinski definition) is 1. The van der Waals surface area contributed by atoms with Gasteiger partial charge in [0.05, 0.1) is 0 Å². The molecule has 2 heteroatoms. The fourth-order valence-corrected chi connectivity index (χ4v) is 4.02. The molecular formula is C13H16BrN. The van der Waals surface area contributed by atoms with E-state index in [9.17, 15) is 0 Å². The molecule has 80 valence electrons. The third-order valence-electron chi connectivity index (χ3n) is 4.05. The maximum absolute atomic E-state index is 3.70. The van der Waals surface area contributed by atoms with E-state index in [2.05, 4.69) is 45.5 Å². The second-order valence-corrected chi connectivity index (χ2v) is 5.85. The molecule has 2 bridgehead atoms. The fraction of sp³-hybridized carbons (Fsp3) is 0.538. The number of piperidine rings is 1. The molecule has 2 fully saturated rings. The average molecular weight is 266 g/mol. The molecule has 0 radical (unpaired) electrons. The van der Waals surface area contributed by atoms with Crippen LogP contribution in [0.2, 0.25) is 0 Å². The first kappa shape index (κ1) is 9.86.